The van der Waals surface area contributed by atoms with Gasteiger partial charge in [-0.25, -0.2) is 0 Å². The first-order chi connectivity index (χ1) is 14.1. The van der Waals surface area contributed by atoms with Crippen LogP contribution in [0.15, 0.2) is 47.3 Å². The molecule has 0 bridgehead atoms. The molecule has 1 aromatic carbocycles. The highest BCUT2D eigenvalue weighted by molar-refractivity contribution is 6.35. The first kappa shape index (κ1) is 20.4. The first-order valence-corrected chi connectivity index (χ1v) is 9.58. The molecule has 2 aromatic rings. The number of hydrogen-bond donors (Lipinski definition) is 2. The summed E-state index contributed by atoms with van der Waals surface area (Å²) in [6, 6.07) is 8.96. The zero-order valence-corrected chi connectivity index (χ0v) is 16.3. The predicted molar refractivity (Wildman–Crippen MR) is 105 cm³/mol. The second kappa shape index (κ2) is 9.77. The van der Waals surface area contributed by atoms with Gasteiger partial charge in [0.1, 0.15) is 12.0 Å². The number of likely N-dealkylation sites (tertiary alicyclic amines) is 1. The number of carbonyl (C=O) groups is 3. The number of ether oxygens (including phenoxy) is 1. The number of piperidine rings is 1. The van der Waals surface area contributed by atoms with E-state index in [0.717, 1.165) is 18.4 Å². The van der Waals surface area contributed by atoms with E-state index in [-0.39, 0.29) is 18.4 Å². The number of furan rings is 1. The van der Waals surface area contributed by atoms with E-state index in [9.17, 15) is 14.4 Å². The van der Waals surface area contributed by atoms with Crippen molar-refractivity contribution in [3.63, 3.8) is 0 Å². The van der Waals surface area contributed by atoms with E-state index < -0.39 is 11.8 Å². The van der Waals surface area contributed by atoms with Gasteiger partial charge in [-0.05, 0) is 30.9 Å². The fourth-order valence-corrected chi connectivity index (χ4v) is 3.33. The minimum Gasteiger partial charge on any atom is -0.496 e. The van der Waals surface area contributed by atoms with Crippen molar-refractivity contribution in [1.82, 2.24) is 15.5 Å². The second-order valence-electron chi connectivity index (χ2n) is 6.95. The van der Waals surface area contributed by atoms with Gasteiger partial charge in [0, 0.05) is 31.7 Å². The van der Waals surface area contributed by atoms with Crippen LogP contribution in [-0.4, -0.2) is 49.4 Å². The largest absolute Gasteiger partial charge is 0.496 e. The van der Waals surface area contributed by atoms with Gasteiger partial charge < -0.3 is 24.7 Å². The Hall–Kier alpha value is -3.29. The van der Waals surface area contributed by atoms with Crippen molar-refractivity contribution in [3.05, 3.63) is 54.0 Å². The molecule has 0 aliphatic carbocycles. The molecular formula is C21H25N3O5. The molecule has 2 N–H and O–H groups in total. The standard InChI is InChI=1S/C21H25N3O5/c1-28-18-5-3-2-4-16(18)13-23-20(26)19(25)22-12-15-6-9-24(10-7-15)21(27)17-8-11-29-14-17/h2-5,8,11,14-15H,6-7,9-10,12-13H2,1H3,(H,22,25)(H,23,26). The molecule has 8 heteroatoms. The normalized spacial score (nSPS) is 14.3. The van der Waals surface area contributed by atoms with Crippen LogP contribution in [0.1, 0.15) is 28.8 Å². The lowest BCUT2D eigenvalue weighted by Crippen LogP contribution is -2.44. The lowest BCUT2D eigenvalue weighted by Gasteiger charge is -2.31. The van der Waals surface area contributed by atoms with E-state index in [2.05, 4.69) is 10.6 Å². The van der Waals surface area contributed by atoms with Crippen LogP contribution in [0, 0.1) is 5.92 Å². The van der Waals surface area contributed by atoms with Crippen molar-refractivity contribution in [1.29, 1.82) is 0 Å². The third-order valence-electron chi connectivity index (χ3n) is 5.06. The summed E-state index contributed by atoms with van der Waals surface area (Å²) in [6.45, 7) is 1.86. The predicted octanol–water partition coefficient (Wildman–Crippen LogP) is 1.57. The van der Waals surface area contributed by atoms with Crippen LogP contribution in [0.25, 0.3) is 0 Å². The Bertz CT molecular complexity index is 842. The Morgan fingerprint density at radius 3 is 2.52 bits per heavy atom. The van der Waals surface area contributed by atoms with Crippen molar-refractivity contribution in [2.45, 2.75) is 19.4 Å². The molecule has 1 aliphatic heterocycles. The van der Waals surface area contributed by atoms with E-state index in [1.807, 2.05) is 18.2 Å². The Labute approximate surface area is 169 Å². The average Bonchev–Trinajstić information content (AvgIpc) is 3.30. The van der Waals surface area contributed by atoms with Gasteiger partial charge in [-0.1, -0.05) is 18.2 Å². The molecule has 154 valence electrons. The van der Waals surface area contributed by atoms with Crippen LogP contribution in [0.2, 0.25) is 0 Å². The zero-order valence-electron chi connectivity index (χ0n) is 16.3. The van der Waals surface area contributed by atoms with Crippen LogP contribution in [0.5, 0.6) is 5.75 Å². The first-order valence-electron chi connectivity index (χ1n) is 9.58. The number of hydrogen-bond acceptors (Lipinski definition) is 5. The van der Waals surface area contributed by atoms with Gasteiger partial charge in [0.05, 0.1) is 18.9 Å². The molecule has 2 heterocycles. The summed E-state index contributed by atoms with van der Waals surface area (Å²) in [6.07, 6.45) is 4.46. The number of methoxy groups -OCH3 is 1. The summed E-state index contributed by atoms with van der Waals surface area (Å²) in [4.78, 5) is 38.2. The SMILES string of the molecule is COc1ccccc1CNC(=O)C(=O)NCC1CCN(C(=O)c2ccoc2)CC1. The van der Waals surface area contributed by atoms with Crippen LogP contribution >= 0.6 is 0 Å². The highest BCUT2D eigenvalue weighted by atomic mass is 16.5. The van der Waals surface area contributed by atoms with Gasteiger partial charge >= 0.3 is 11.8 Å². The maximum Gasteiger partial charge on any atom is 0.309 e. The maximum atomic E-state index is 12.3. The lowest BCUT2D eigenvalue weighted by molar-refractivity contribution is -0.139. The molecule has 0 spiro atoms. The third kappa shape index (κ3) is 5.37. The Kier molecular flexibility index (Phi) is 6.89. The van der Waals surface area contributed by atoms with Crippen molar-refractivity contribution >= 4 is 17.7 Å². The molecule has 3 amide bonds. The smallest absolute Gasteiger partial charge is 0.309 e. The molecule has 3 rings (SSSR count). The minimum atomic E-state index is -0.677. The molecule has 1 fully saturated rings. The molecule has 0 saturated carbocycles. The summed E-state index contributed by atoms with van der Waals surface area (Å²) in [5.41, 5.74) is 1.34. The monoisotopic (exact) mass is 399 g/mol. The average molecular weight is 399 g/mol. The molecule has 0 radical (unpaired) electrons. The number of amides is 3. The molecule has 1 saturated heterocycles. The molecule has 8 nitrogen and oxygen atoms in total. The van der Waals surface area contributed by atoms with Crippen LogP contribution < -0.4 is 15.4 Å². The van der Waals surface area contributed by atoms with Crippen LogP contribution in [0.4, 0.5) is 0 Å². The second-order valence-corrected chi connectivity index (χ2v) is 6.95. The van der Waals surface area contributed by atoms with E-state index in [1.54, 1.807) is 24.1 Å². The Morgan fingerprint density at radius 2 is 1.83 bits per heavy atom. The van der Waals surface area contributed by atoms with E-state index in [0.29, 0.717) is 30.9 Å². The van der Waals surface area contributed by atoms with Gasteiger partial charge in [0.25, 0.3) is 5.91 Å². The molecule has 0 unspecified atom stereocenters. The van der Waals surface area contributed by atoms with Crippen molar-refractivity contribution < 1.29 is 23.5 Å². The van der Waals surface area contributed by atoms with Gasteiger partial charge in [-0.3, -0.25) is 14.4 Å². The molecule has 1 aliphatic rings. The summed E-state index contributed by atoms with van der Waals surface area (Å²) < 4.78 is 10.2. The third-order valence-corrected chi connectivity index (χ3v) is 5.06. The van der Waals surface area contributed by atoms with Gasteiger partial charge in [0.15, 0.2) is 0 Å². The van der Waals surface area contributed by atoms with Gasteiger partial charge in [-0.2, -0.15) is 0 Å². The zero-order chi connectivity index (χ0) is 20.6. The fraction of sp³-hybridized carbons (Fsp3) is 0.381. The molecule has 0 atom stereocenters. The van der Waals surface area contributed by atoms with Crippen LogP contribution in [-0.2, 0) is 16.1 Å². The summed E-state index contributed by atoms with van der Waals surface area (Å²) in [7, 11) is 1.56. The summed E-state index contributed by atoms with van der Waals surface area (Å²) >= 11 is 0. The maximum absolute atomic E-state index is 12.3. The number of rotatable bonds is 6. The molecule has 1 aromatic heterocycles. The Morgan fingerprint density at radius 1 is 1.10 bits per heavy atom. The van der Waals surface area contributed by atoms with E-state index in [4.69, 9.17) is 9.15 Å². The van der Waals surface area contributed by atoms with E-state index in [1.165, 1.54) is 12.5 Å². The highest BCUT2D eigenvalue weighted by Gasteiger charge is 2.25. The molecular weight excluding hydrogens is 374 g/mol. The number of benzene rings is 1. The van der Waals surface area contributed by atoms with Crippen molar-refractivity contribution in [3.8, 4) is 5.75 Å². The highest BCUT2D eigenvalue weighted by Crippen LogP contribution is 2.19. The summed E-state index contributed by atoms with van der Waals surface area (Å²) in [5.74, 6) is -0.489. The summed E-state index contributed by atoms with van der Waals surface area (Å²) in [5, 5.41) is 5.29. The minimum absolute atomic E-state index is 0.0445. The number of para-hydroxylation sites is 1. The lowest BCUT2D eigenvalue weighted by atomic mass is 9.96. The van der Waals surface area contributed by atoms with E-state index >= 15 is 0 Å². The van der Waals surface area contributed by atoms with Gasteiger partial charge in [0.2, 0.25) is 0 Å². The van der Waals surface area contributed by atoms with Crippen molar-refractivity contribution in [2.75, 3.05) is 26.7 Å². The van der Waals surface area contributed by atoms with Crippen LogP contribution in [0.3, 0.4) is 0 Å². The Balaban J connectivity index is 1.38. The number of nitrogens with one attached hydrogen (secondary N) is 2. The number of carbonyl (C=O) groups excluding carboxylic acids is 3. The number of nitrogens with zero attached hydrogens (tertiary/aromatic N) is 1. The fourth-order valence-electron chi connectivity index (χ4n) is 3.33. The van der Waals surface area contributed by atoms with Gasteiger partial charge in [-0.15, -0.1) is 0 Å². The van der Waals surface area contributed by atoms with Crippen molar-refractivity contribution in [2.24, 2.45) is 5.92 Å². The quantitative estimate of drug-likeness (QED) is 0.718. The molecule has 29 heavy (non-hydrogen) atoms. The topological polar surface area (TPSA) is 101 Å².